The highest BCUT2D eigenvalue weighted by atomic mass is 35.5. The summed E-state index contributed by atoms with van der Waals surface area (Å²) in [5.41, 5.74) is 0.0940. The number of carbonyl (C=O) groups is 2. The Bertz CT molecular complexity index is 1110. The molecule has 29 heavy (non-hydrogen) atoms. The van der Waals surface area contributed by atoms with E-state index in [-0.39, 0.29) is 30.8 Å². The molecule has 0 saturated carbocycles. The van der Waals surface area contributed by atoms with Crippen LogP contribution < -0.4 is 4.90 Å². The second-order valence-corrected chi connectivity index (χ2v) is 7.59. The summed E-state index contributed by atoms with van der Waals surface area (Å²) >= 11 is 5.82. The number of rotatable bonds is 5. The number of aromatic nitrogens is 3. The number of nitrogens with one attached hydrogen (secondary N) is 1. The fraction of sp³-hybridized carbons (Fsp3) is 0.300. The number of aryl methyl sites for hydroxylation is 2. The van der Waals surface area contributed by atoms with E-state index in [1.807, 2.05) is 0 Å². The Hall–Kier alpha value is -2.84. The van der Waals surface area contributed by atoms with E-state index in [4.69, 9.17) is 11.6 Å². The topological polar surface area (TPSA) is 99.2 Å². The number of amides is 1. The highest BCUT2D eigenvalue weighted by molar-refractivity contribution is 6.30. The number of carbonyl (C=O) groups excluding carboxylic acids is 2. The molecule has 1 atom stereocenters. The van der Waals surface area contributed by atoms with Gasteiger partial charge in [-0.25, -0.2) is 14.4 Å². The average Bonchev–Trinajstić information content (AvgIpc) is 3.18. The largest absolute Gasteiger partial charge is 0.373 e. The molecule has 1 aromatic carbocycles. The number of imidazole rings is 1. The van der Waals surface area contributed by atoms with E-state index < -0.39 is 23.1 Å². The van der Waals surface area contributed by atoms with Gasteiger partial charge in [0.1, 0.15) is 11.6 Å². The number of Topliss-reactive ketones (excluding diaryl/α,β-unsaturated/α-hetero) is 1. The Morgan fingerprint density at radius 1 is 1.38 bits per heavy atom. The zero-order valence-corrected chi connectivity index (χ0v) is 16.3. The van der Waals surface area contributed by atoms with Crippen molar-refractivity contribution >= 4 is 40.1 Å². The molecule has 9 heteroatoms. The van der Waals surface area contributed by atoms with Crippen molar-refractivity contribution in [1.29, 1.82) is 0 Å². The maximum Gasteiger partial charge on any atom is 0.266 e. The number of benzene rings is 1. The second kappa shape index (κ2) is 7.20. The van der Waals surface area contributed by atoms with E-state index in [9.17, 15) is 19.1 Å². The van der Waals surface area contributed by atoms with Gasteiger partial charge >= 0.3 is 0 Å². The molecular formula is C20H18ClFN4O3. The minimum Gasteiger partial charge on any atom is -0.373 e. The number of anilines is 1. The fourth-order valence-electron chi connectivity index (χ4n) is 3.59. The third-order valence-corrected chi connectivity index (χ3v) is 5.29. The fourth-order valence-corrected chi connectivity index (χ4v) is 3.83. The average molecular weight is 417 g/mol. The lowest BCUT2D eigenvalue weighted by Crippen LogP contribution is -2.47. The number of hydrogen-bond acceptors (Lipinski definition) is 5. The Morgan fingerprint density at radius 3 is 2.93 bits per heavy atom. The number of H-pyrrole nitrogens is 1. The first-order valence-electron chi connectivity index (χ1n) is 9.11. The Labute approximate surface area is 170 Å². The molecule has 7 nitrogen and oxygen atoms in total. The van der Waals surface area contributed by atoms with Gasteiger partial charge in [-0.3, -0.25) is 9.59 Å². The molecule has 0 radical (unpaired) electrons. The van der Waals surface area contributed by atoms with Crippen LogP contribution in [0.2, 0.25) is 5.02 Å². The van der Waals surface area contributed by atoms with Gasteiger partial charge < -0.3 is 15.0 Å². The summed E-state index contributed by atoms with van der Waals surface area (Å²) in [6.07, 6.45) is 1.54. The number of aromatic amines is 1. The summed E-state index contributed by atoms with van der Waals surface area (Å²) < 4.78 is 13.4. The van der Waals surface area contributed by atoms with Crippen LogP contribution in [0.5, 0.6) is 0 Å². The molecule has 3 heterocycles. The molecule has 1 aliphatic heterocycles. The summed E-state index contributed by atoms with van der Waals surface area (Å²) in [5, 5.41) is 11.0. The summed E-state index contributed by atoms with van der Waals surface area (Å²) in [5.74, 6) is -1.09. The van der Waals surface area contributed by atoms with E-state index in [1.165, 1.54) is 23.2 Å². The van der Waals surface area contributed by atoms with Crippen LogP contribution in [0.1, 0.15) is 24.2 Å². The van der Waals surface area contributed by atoms with Crippen LogP contribution in [-0.4, -0.2) is 43.9 Å². The highest BCUT2D eigenvalue weighted by Gasteiger charge is 2.50. The first kappa shape index (κ1) is 19.5. The number of halogens is 2. The highest BCUT2D eigenvalue weighted by Crippen LogP contribution is 2.31. The maximum atomic E-state index is 13.4. The predicted molar refractivity (Wildman–Crippen MR) is 105 cm³/mol. The number of aliphatic hydroxyl groups is 1. The van der Waals surface area contributed by atoms with Gasteiger partial charge in [0, 0.05) is 24.4 Å². The van der Waals surface area contributed by atoms with E-state index >= 15 is 0 Å². The number of nitrogens with zero attached hydrogens (tertiary/aromatic N) is 3. The van der Waals surface area contributed by atoms with Gasteiger partial charge in [0.15, 0.2) is 11.4 Å². The van der Waals surface area contributed by atoms with E-state index in [0.717, 1.165) is 0 Å². The molecule has 2 aromatic heterocycles. The monoisotopic (exact) mass is 416 g/mol. The molecule has 2 N–H and O–H groups in total. The first-order chi connectivity index (χ1) is 13.8. The number of pyridine rings is 1. The van der Waals surface area contributed by atoms with Crippen molar-refractivity contribution in [2.45, 2.75) is 31.8 Å². The summed E-state index contributed by atoms with van der Waals surface area (Å²) in [4.78, 5) is 38.3. The molecule has 0 spiro atoms. The zero-order chi connectivity index (χ0) is 20.8. The summed E-state index contributed by atoms with van der Waals surface area (Å²) in [7, 11) is 0. The third-order valence-electron chi connectivity index (χ3n) is 5.07. The maximum absolute atomic E-state index is 13.4. The van der Waals surface area contributed by atoms with Crippen molar-refractivity contribution in [2.75, 3.05) is 11.4 Å². The summed E-state index contributed by atoms with van der Waals surface area (Å²) in [6, 6.07) is 5.72. The Balaban J connectivity index is 1.50. The van der Waals surface area contributed by atoms with Crippen LogP contribution in [0.4, 0.5) is 10.1 Å². The second-order valence-electron chi connectivity index (χ2n) is 7.15. The number of hydrogen-bond donors (Lipinski definition) is 2. The van der Waals surface area contributed by atoms with Gasteiger partial charge in [-0.05, 0) is 43.2 Å². The molecule has 0 bridgehead atoms. The van der Waals surface area contributed by atoms with Crippen LogP contribution in [-0.2, 0) is 16.0 Å². The molecule has 1 fully saturated rings. The van der Waals surface area contributed by atoms with Gasteiger partial charge in [-0.15, -0.1) is 0 Å². The van der Waals surface area contributed by atoms with Crippen molar-refractivity contribution in [3.05, 3.63) is 52.7 Å². The Morgan fingerprint density at radius 2 is 2.17 bits per heavy atom. The summed E-state index contributed by atoms with van der Waals surface area (Å²) in [6.45, 7) is 1.98. The first-order valence-corrected chi connectivity index (χ1v) is 9.49. The molecule has 4 rings (SSSR count). The van der Waals surface area contributed by atoms with Gasteiger partial charge in [0.2, 0.25) is 5.60 Å². The number of fused-ring (bicyclic) bond motifs is 1. The van der Waals surface area contributed by atoms with E-state index in [0.29, 0.717) is 28.2 Å². The molecule has 1 aliphatic rings. The Kier molecular flexibility index (Phi) is 4.84. The molecule has 150 valence electrons. The molecule has 0 aliphatic carbocycles. The lowest BCUT2D eigenvalue weighted by Gasteiger charge is -2.21. The molecular weight excluding hydrogens is 399 g/mol. The van der Waals surface area contributed by atoms with Gasteiger partial charge in [-0.2, -0.15) is 0 Å². The standard InChI is InChI=1S/C20H18ClFN4O3/c1-11-24-16-9-15(10-23-18(16)25-11)26-5-4-20(29,19(26)28)17(27)3-2-12-6-13(21)8-14(22)7-12/h6-10,29H,2-5H2,1H3,(H,23,24,25). The van der Waals surface area contributed by atoms with Gasteiger partial charge in [0.05, 0.1) is 17.4 Å². The minimum atomic E-state index is -2.10. The lowest BCUT2D eigenvalue weighted by atomic mass is 9.92. The van der Waals surface area contributed by atoms with Crippen molar-refractivity contribution in [3.63, 3.8) is 0 Å². The van der Waals surface area contributed by atoms with E-state index in [1.54, 1.807) is 19.1 Å². The quantitative estimate of drug-likeness (QED) is 0.623. The van der Waals surface area contributed by atoms with Crippen LogP contribution in [0.3, 0.4) is 0 Å². The van der Waals surface area contributed by atoms with Crippen LogP contribution in [0, 0.1) is 12.7 Å². The predicted octanol–water partition coefficient (Wildman–Crippen LogP) is 2.73. The molecule has 3 aromatic rings. The smallest absolute Gasteiger partial charge is 0.266 e. The van der Waals surface area contributed by atoms with Crippen LogP contribution in [0.25, 0.3) is 11.2 Å². The van der Waals surface area contributed by atoms with Gasteiger partial charge in [0.25, 0.3) is 5.91 Å². The van der Waals surface area contributed by atoms with Gasteiger partial charge in [-0.1, -0.05) is 11.6 Å². The SMILES string of the molecule is Cc1nc2ncc(N3CCC(O)(C(=O)CCc4cc(F)cc(Cl)c4)C3=O)cc2[nH]1. The number of ketones is 1. The van der Waals surface area contributed by atoms with Crippen molar-refractivity contribution < 1.29 is 19.1 Å². The van der Waals surface area contributed by atoms with Crippen molar-refractivity contribution in [3.8, 4) is 0 Å². The lowest BCUT2D eigenvalue weighted by molar-refractivity contribution is -0.147. The molecule has 1 saturated heterocycles. The third kappa shape index (κ3) is 3.61. The van der Waals surface area contributed by atoms with Crippen molar-refractivity contribution in [1.82, 2.24) is 15.0 Å². The van der Waals surface area contributed by atoms with Crippen LogP contribution >= 0.6 is 11.6 Å². The van der Waals surface area contributed by atoms with Crippen LogP contribution in [0.15, 0.2) is 30.5 Å². The molecule has 1 amide bonds. The minimum absolute atomic E-state index is 0.0192. The molecule has 1 unspecified atom stereocenters. The zero-order valence-electron chi connectivity index (χ0n) is 15.6. The normalized spacial score (nSPS) is 19.3. The van der Waals surface area contributed by atoms with E-state index in [2.05, 4.69) is 15.0 Å². The van der Waals surface area contributed by atoms with Crippen molar-refractivity contribution in [2.24, 2.45) is 0 Å².